The van der Waals surface area contributed by atoms with Crippen molar-refractivity contribution in [1.82, 2.24) is 5.32 Å². The molecule has 22 heavy (non-hydrogen) atoms. The molecule has 2 amide bonds. The van der Waals surface area contributed by atoms with E-state index in [1.165, 1.54) is 18.4 Å². The molecule has 0 radical (unpaired) electrons. The number of carbonyl (C=O) groups is 1. The molecule has 1 heterocycles. The van der Waals surface area contributed by atoms with E-state index in [-0.39, 0.29) is 12.1 Å². The summed E-state index contributed by atoms with van der Waals surface area (Å²) in [6.45, 7) is 1.90. The van der Waals surface area contributed by atoms with Crippen molar-refractivity contribution in [3.05, 3.63) is 39.5 Å². The smallest absolute Gasteiger partial charge is 0.319 e. The fourth-order valence-electron chi connectivity index (χ4n) is 1.89. The molecule has 1 aromatic carbocycles. The first-order valence-corrected chi connectivity index (χ1v) is 7.77. The van der Waals surface area contributed by atoms with E-state index in [1.807, 2.05) is 19.1 Å². The molecule has 5 nitrogen and oxygen atoms in total. The van der Waals surface area contributed by atoms with Crippen LogP contribution in [0.3, 0.4) is 0 Å². The third-order valence-electron chi connectivity index (χ3n) is 3.03. The molecule has 2 rings (SSSR count). The molecule has 0 saturated heterocycles. The lowest BCUT2D eigenvalue weighted by molar-refractivity contribution is 0.249. The zero-order chi connectivity index (χ0) is 16.1. The van der Waals surface area contributed by atoms with Crippen LogP contribution in [-0.2, 0) is 0 Å². The maximum Gasteiger partial charge on any atom is 0.319 e. The third-order valence-corrected chi connectivity index (χ3v) is 4.44. The van der Waals surface area contributed by atoms with Crippen LogP contribution < -0.4 is 20.1 Å². The number of amides is 2. The largest absolute Gasteiger partial charge is 0.497 e. The molecular weight excluding hydrogens is 324 g/mol. The predicted molar refractivity (Wildman–Crippen MR) is 89.4 cm³/mol. The van der Waals surface area contributed by atoms with Crippen molar-refractivity contribution in [2.24, 2.45) is 0 Å². The maximum atomic E-state index is 12.1. The number of halogens is 1. The van der Waals surface area contributed by atoms with Gasteiger partial charge in [-0.05, 0) is 31.2 Å². The molecule has 0 aliphatic rings. The van der Waals surface area contributed by atoms with Gasteiger partial charge in [0.2, 0.25) is 0 Å². The lowest BCUT2D eigenvalue weighted by Crippen LogP contribution is -2.30. The molecule has 0 saturated carbocycles. The second-order valence-corrected chi connectivity index (χ2v) is 6.27. The summed E-state index contributed by atoms with van der Waals surface area (Å²) in [5.41, 5.74) is 0.567. The third kappa shape index (κ3) is 4.05. The van der Waals surface area contributed by atoms with Crippen LogP contribution in [0.4, 0.5) is 10.5 Å². The second kappa shape index (κ2) is 7.38. The van der Waals surface area contributed by atoms with Crippen LogP contribution in [0, 0.1) is 0 Å². The Morgan fingerprint density at radius 2 is 2.00 bits per heavy atom. The number of rotatable bonds is 5. The van der Waals surface area contributed by atoms with Crippen molar-refractivity contribution < 1.29 is 14.3 Å². The molecule has 1 unspecified atom stereocenters. The number of nitrogens with one attached hydrogen (secondary N) is 2. The molecule has 2 N–H and O–H groups in total. The lowest BCUT2D eigenvalue weighted by Gasteiger charge is -2.15. The summed E-state index contributed by atoms with van der Waals surface area (Å²) in [5.74, 6) is 1.19. The van der Waals surface area contributed by atoms with Crippen molar-refractivity contribution in [2.45, 2.75) is 13.0 Å². The summed E-state index contributed by atoms with van der Waals surface area (Å²) in [7, 11) is 3.11. The summed E-state index contributed by atoms with van der Waals surface area (Å²) in [5, 5.41) is 5.61. The maximum absolute atomic E-state index is 12.1. The summed E-state index contributed by atoms with van der Waals surface area (Å²) in [6.07, 6.45) is 0. The first kappa shape index (κ1) is 16.5. The molecule has 2 aromatic rings. The van der Waals surface area contributed by atoms with E-state index in [0.717, 1.165) is 4.88 Å². The minimum atomic E-state index is -0.319. The molecule has 1 atom stereocenters. The Balaban J connectivity index is 2.02. The van der Waals surface area contributed by atoms with Crippen molar-refractivity contribution >= 4 is 34.7 Å². The zero-order valence-corrected chi connectivity index (χ0v) is 14.0. The van der Waals surface area contributed by atoms with E-state index < -0.39 is 0 Å². The number of carbonyl (C=O) groups excluding carboxylic acids is 1. The average molecular weight is 341 g/mol. The van der Waals surface area contributed by atoms with Gasteiger partial charge >= 0.3 is 6.03 Å². The van der Waals surface area contributed by atoms with E-state index in [0.29, 0.717) is 21.5 Å². The lowest BCUT2D eigenvalue weighted by atomic mass is 10.2. The number of benzene rings is 1. The minimum absolute atomic E-state index is 0.137. The van der Waals surface area contributed by atoms with E-state index in [4.69, 9.17) is 21.1 Å². The molecule has 0 aliphatic heterocycles. The molecule has 0 aliphatic carbocycles. The van der Waals surface area contributed by atoms with Crippen LogP contribution in [0.5, 0.6) is 11.5 Å². The van der Waals surface area contributed by atoms with Crippen molar-refractivity contribution in [1.29, 1.82) is 0 Å². The van der Waals surface area contributed by atoms with Crippen LogP contribution in [0.1, 0.15) is 17.8 Å². The molecule has 118 valence electrons. The molecule has 0 fully saturated rings. The van der Waals surface area contributed by atoms with Crippen molar-refractivity contribution in [3.8, 4) is 11.5 Å². The highest BCUT2D eigenvalue weighted by Gasteiger charge is 2.13. The minimum Gasteiger partial charge on any atom is -0.497 e. The average Bonchev–Trinajstić information content (AvgIpc) is 2.94. The number of anilines is 1. The summed E-state index contributed by atoms with van der Waals surface area (Å²) in [4.78, 5) is 13.1. The van der Waals surface area contributed by atoms with Crippen LogP contribution in [0.2, 0.25) is 4.34 Å². The number of urea groups is 1. The number of thiophene rings is 1. The van der Waals surface area contributed by atoms with Gasteiger partial charge in [0.15, 0.2) is 0 Å². The number of ether oxygens (including phenoxy) is 2. The monoisotopic (exact) mass is 340 g/mol. The van der Waals surface area contributed by atoms with Gasteiger partial charge in [-0.2, -0.15) is 0 Å². The number of hydrogen-bond donors (Lipinski definition) is 2. The molecule has 0 bridgehead atoms. The SMILES string of the molecule is COc1ccc(NC(=O)NC(C)c2ccc(Cl)s2)c(OC)c1. The highest BCUT2D eigenvalue weighted by molar-refractivity contribution is 7.16. The van der Waals surface area contributed by atoms with Gasteiger partial charge in [-0.3, -0.25) is 0 Å². The summed E-state index contributed by atoms with van der Waals surface area (Å²) in [6, 6.07) is 8.43. The van der Waals surface area contributed by atoms with E-state index in [2.05, 4.69) is 10.6 Å². The summed E-state index contributed by atoms with van der Waals surface area (Å²) >= 11 is 7.34. The highest BCUT2D eigenvalue weighted by atomic mass is 35.5. The zero-order valence-electron chi connectivity index (χ0n) is 12.5. The Bertz CT molecular complexity index is 660. The van der Waals surface area contributed by atoms with Crippen molar-refractivity contribution in [2.75, 3.05) is 19.5 Å². The quantitative estimate of drug-likeness (QED) is 0.853. The van der Waals surface area contributed by atoms with Gasteiger partial charge in [-0.25, -0.2) is 4.79 Å². The molecule has 1 aromatic heterocycles. The Kier molecular flexibility index (Phi) is 5.51. The van der Waals surface area contributed by atoms with Crippen LogP contribution in [0.25, 0.3) is 0 Å². The van der Waals surface area contributed by atoms with E-state index in [1.54, 1.807) is 25.3 Å². The summed E-state index contributed by atoms with van der Waals surface area (Å²) < 4.78 is 11.1. The van der Waals surface area contributed by atoms with Gasteiger partial charge < -0.3 is 20.1 Å². The van der Waals surface area contributed by atoms with Crippen LogP contribution in [0.15, 0.2) is 30.3 Å². The van der Waals surface area contributed by atoms with Gasteiger partial charge in [0.25, 0.3) is 0 Å². The van der Waals surface area contributed by atoms with Crippen LogP contribution >= 0.6 is 22.9 Å². The standard InChI is InChI=1S/C15H17ClN2O3S/c1-9(13-6-7-14(16)22-13)17-15(19)18-11-5-4-10(20-2)8-12(11)21-3/h4-9H,1-3H3,(H2,17,18,19). The van der Waals surface area contributed by atoms with Gasteiger partial charge in [0.05, 0.1) is 30.3 Å². The topological polar surface area (TPSA) is 59.6 Å². The fourth-order valence-corrected chi connectivity index (χ4v) is 2.95. The predicted octanol–water partition coefficient (Wildman–Crippen LogP) is 4.30. The first-order chi connectivity index (χ1) is 10.5. The first-order valence-electron chi connectivity index (χ1n) is 6.58. The normalized spacial score (nSPS) is 11.6. The van der Waals surface area contributed by atoms with Crippen LogP contribution in [-0.4, -0.2) is 20.3 Å². The Morgan fingerprint density at radius 1 is 1.23 bits per heavy atom. The molecular formula is C15H17ClN2O3S. The number of hydrogen-bond acceptors (Lipinski definition) is 4. The van der Waals surface area contributed by atoms with Gasteiger partial charge in [-0.15, -0.1) is 11.3 Å². The molecule has 0 spiro atoms. The highest BCUT2D eigenvalue weighted by Crippen LogP contribution is 2.29. The fraction of sp³-hybridized carbons (Fsp3) is 0.267. The number of methoxy groups -OCH3 is 2. The Hall–Kier alpha value is -1.92. The van der Waals surface area contributed by atoms with Crippen molar-refractivity contribution in [3.63, 3.8) is 0 Å². The second-order valence-electron chi connectivity index (χ2n) is 4.53. The van der Waals surface area contributed by atoms with E-state index in [9.17, 15) is 4.79 Å². The van der Waals surface area contributed by atoms with Gasteiger partial charge in [-0.1, -0.05) is 11.6 Å². The molecule has 7 heteroatoms. The van der Waals surface area contributed by atoms with Gasteiger partial charge in [0, 0.05) is 10.9 Å². The van der Waals surface area contributed by atoms with E-state index >= 15 is 0 Å². The Labute approximate surface area is 138 Å². The van der Waals surface area contributed by atoms with Gasteiger partial charge in [0.1, 0.15) is 11.5 Å². The Morgan fingerprint density at radius 3 is 2.59 bits per heavy atom.